The van der Waals surface area contributed by atoms with Gasteiger partial charge in [0.25, 0.3) is 0 Å². The summed E-state index contributed by atoms with van der Waals surface area (Å²) < 4.78 is 40.2. The van der Waals surface area contributed by atoms with Gasteiger partial charge in [-0.3, -0.25) is 14.9 Å². The zero-order valence-electron chi connectivity index (χ0n) is 24.1. The van der Waals surface area contributed by atoms with E-state index in [0.29, 0.717) is 11.3 Å². The molecule has 6 nitrogen and oxygen atoms in total. The SMILES string of the molecule is Bc1cc(C(C)(C)C(=O)NC(C)(C)C)cc2cc(-c3ccc(NC(F)(F)F)cc3)n(CC(=O)NC(C)(C)C)c12. The van der Waals surface area contributed by atoms with Crippen LogP contribution in [0.4, 0.5) is 18.9 Å². The fourth-order valence-electron chi connectivity index (χ4n) is 4.51. The first kappa shape index (κ1) is 30.1. The van der Waals surface area contributed by atoms with Gasteiger partial charge in [0.2, 0.25) is 11.8 Å². The Balaban J connectivity index is 2.15. The molecule has 0 aliphatic rings. The lowest BCUT2D eigenvalue weighted by Crippen LogP contribution is -2.49. The van der Waals surface area contributed by atoms with Crippen molar-refractivity contribution in [1.29, 1.82) is 0 Å². The maximum absolute atomic E-state index is 13.2. The predicted molar refractivity (Wildman–Crippen MR) is 154 cm³/mol. The van der Waals surface area contributed by atoms with Crippen LogP contribution in [-0.4, -0.2) is 41.6 Å². The van der Waals surface area contributed by atoms with Gasteiger partial charge in [0, 0.05) is 28.0 Å². The van der Waals surface area contributed by atoms with Crippen LogP contribution in [0.2, 0.25) is 0 Å². The van der Waals surface area contributed by atoms with E-state index in [4.69, 9.17) is 0 Å². The van der Waals surface area contributed by atoms with Crippen molar-refractivity contribution in [3.05, 3.63) is 48.0 Å². The first-order valence-corrected chi connectivity index (χ1v) is 12.9. The lowest BCUT2D eigenvalue weighted by molar-refractivity contribution is -0.127. The number of fused-ring (bicyclic) bond motifs is 1. The maximum atomic E-state index is 13.2. The first-order chi connectivity index (χ1) is 17.7. The summed E-state index contributed by atoms with van der Waals surface area (Å²) in [7, 11) is 1.93. The third-order valence-electron chi connectivity index (χ3n) is 6.24. The number of anilines is 1. The van der Waals surface area contributed by atoms with Crippen LogP contribution >= 0.6 is 0 Å². The minimum absolute atomic E-state index is 0.0206. The molecule has 2 aromatic carbocycles. The van der Waals surface area contributed by atoms with E-state index in [-0.39, 0.29) is 24.0 Å². The van der Waals surface area contributed by atoms with Crippen LogP contribution in [-0.2, 0) is 21.5 Å². The summed E-state index contributed by atoms with van der Waals surface area (Å²) in [6.45, 7) is 15.2. The third-order valence-corrected chi connectivity index (χ3v) is 6.24. The minimum Gasteiger partial charge on any atom is -0.351 e. The van der Waals surface area contributed by atoms with Crippen molar-refractivity contribution in [2.24, 2.45) is 0 Å². The number of nitrogens with zero attached hydrogens (tertiary/aromatic N) is 1. The molecule has 3 rings (SSSR count). The van der Waals surface area contributed by atoms with Crippen LogP contribution in [0.25, 0.3) is 22.2 Å². The molecule has 0 fully saturated rings. The summed E-state index contributed by atoms with van der Waals surface area (Å²) in [4.78, 5) is 26.2. The van der Waals surface area contributed by atoms with Crippen LogP contribution in [0, 0.1) is 0 Å². The monoisotopic (exact) mass is 542 g/mol. The second-order valence-electron chi connectivity index (χ2n) is 12.7. The summed E-state index contributed by atoms with van der Waals surface area (Å²) in [5.41, 5.74) is 2.13. The molecule has 0 radical (unpaired) electrons. The van der Waals surface area contributed by atoms with Crippen molar-refractivity contribution >= 4 is 41.7 Å². The smallest absolute Gasteiger partial charge is 0.351 e. The Morgan fingerprint density at radius 1 is 0.846 bits per heavy atom. The number of amides is 2. The number of benzene rings is 2. The van der Waals surface area contributed by atoms with Gasteiger partial charge in [-0.1, -0.05) is 23.7 Å². The van der Waals surface area contributed by atoms with Gasteiger partial charge in [0.05, 0.1) is 5.41 Å². The molecular formula is C29H38BF3N4O2. The number of carbonyl (C=O) groups is 2. The molecular weight excluding hydrogens is 504 g/mol. The van der Waals surface area contributed by atoms with E-state index in [9.17, 15) is 22.8 Å². The van der Waals surface area contributed by atoms with E-state index in [1.54, 1.807) is 12.1 Å². The number of rotatable bonds is 6. The number of hydrogen-bond donors (Lipinski definition) is 3. The van der Waals surface area contributed by atoms with Gasteiger partial charge in [0.1, 0.15) is 14.4 Å². The van der Waals surface area contributed by atoms with Gasteiger partial charge in [0.15, 0.2) is 0 Å². The normalized spacial score (nSPS) is 12.9. The van der Waals surface area contributed by atoms with Crippen molar-refractivity contribution in [1.82, 2.24) is 15.2 Å². The lowest BCUT2D eigenvalue weighted by Gasteiger charge is -2.30. The molecule has 210 valence electrons. The van der Waals surface area contributed by atoms with Gasteiger partial charge < -0.3 is 15.2 Å². The molecule has 0 saturated carbocycles. The van der Waals surface area contributed by atoms with Gasteiger partial charge >= 0.3 is 6.30 Å². The highest BCUT2D eigenvalue weighted by atomic mass is 19.4. The summed E-state index contributed by atoms with van der Waals surface area (Å²) in [5, 5.41) is 8.37. The summed E-state index contributed by atoms with van der Waals surface area (Å²) in [6, 6.07) is 11.7. The average Bonchev–Trinajstić information content (AvgIpc) is 3.09. The highest BCUT2D eigenvalue weighted by Gasteiger charge is 2.33. The van der Waals surface area contributed by atoms with Crippen molar-refractivity contribution in [2.75, 3.05) is 5.32 Å². The molecule has 1 aromatic heterocycles. The molecule has 0 unspecified atom stereocenters. The second kappa shape index (κ2) is 10.3. The summed E-state index contributed by atoms with van der Waals surface area (Å²) in [6.07, 6.45) is -4.54. The topological polar surface area (TPSA) is 75.2 Å². The van der Waals surface area contributed by atoms with Gasteiger partial charge in [-0.05, 0) is 96.2 Å². The first-order valence-electron chi connectivity index (χ1n) is 12.9. The Morgan fingerprint density at radius 2 is 1.41 bits per heavy atom. The van der Waals surface area contributed by atoms with E-state index in [2.05, 4.69) is 10.6 Å². The van der Waals surface area contributed by atoms with Crippen LogP contribution in [0.1, 0.15) is 61.0 Å². The predicted octanol–water partition coefficient (Wildman–Crippen LogP) is 4.61. The molecule has 0 aliphatic heterocycles. The summed E-state index contributed by atoms with van der Waals surface area (Å²) >= 11 is 0. The Labute approximate surface area is 229 Å². The van der Waals surface area contributed by atoms with Crippen LogP contribution in [0.5, 0.6) is 0 Å². The Kier molecular flexibility index (Phi) is 7.94. The van der Waals surface area contributed by atoms with Crippen molar-refractivity contribution in [3.8, 4) is 11.3 Å². The van der Waals surface area contributed by atoms with E-state index in [1.165, 1.54) is 17.4 Å². The molecule has 3 aromatic rings. The number of nitrogens with one attached hydrogen (secondary N) is 3. The quantitative estimate of drug-likeness (QED) is 0.315. The lowest BCUT2D eigenvalue weighted by atomic mass is 9.79. The van der Waals surface area contributed by atoms with E-state index < -0.39 is 22.8 Å². The Hall–Kier alpha value is -3.43. The fraction of sp³-hybridized carbons (Fsp3) is 0.448. The van der Waals surface area contributed by atoms with Crippen molar-refractivity contribution in [2.45, 2.75) is 84.7 Å². The van der Waals surface area contributed by atoms with Gasteiger partial charge in [-0.2, -0.15) is 13.2 Å². The van der Waals surface area contributed by atoms with Crippen molar-refractivity contribution < 1.29 is 22.8 Å². The molecule has 10 heteroatoms. The molecule has 0 saturated heterocycles. The molecule has 1 heterocycles. The number of alkyl halides is 3. The molecule has 3 N–H and O–H groups in total. The Morgan fingerprint density at radius 3 is 1.92 bits per heavy atom. The Bertz CT molecular complexity index is 1380. The number of halogens is 3. The molecule has 0 spiro atoms. The fourth-order valence-corrected chi connectivity index (χ4v) is 4.51. The maximum Gasteiger partial charge on any atom is 0.482 e. The van der Waals surface area contributed by atoms with Crippen LogP contribution in [0.3, 0.4) is 0 Å². The van der Waals surface area contributed by atoms with Gasteiger partial charge in [-0.25, -0.2) is 0 Å². The largest absolute Gasteiger partial charge is 0.482 e. The molecule has 0 atom stereocenters. The van der Waals surface area contributed by atoms with Crippen molar-refractivity contribution in [3.63, 3.8) is 0 Å². The second-order valence-corrected chi connectivity index (χ2v) is 12.7. The van der Waals surface area contributed by atoms with Gasteiger partial charge in [-0.15, -0.1) is 0 Å². The zero-order chi connectivity index (χ0) is 29.6. The number of hydrogen-bond acceptors (Lipinski definition) is 3. The van der Waals surface area contributed by atoms with Crippen LogP contribution < -0.4 is 21.4 Å². The summed E-state index contributed by atoms with van der Waals surface area (Å²) in [5.74, 6) is -0.296. The van der Waals surface area contributed by atoms with E-state index in [1.807, 2.05) is 86.0 Å². The molecule has 2 amide bonds. The number of aromatic nitrogens is 1. The minimum atomic E-state index is -4.54. The zero-order valence-corrected chi connectivity index (χ0v) is 24.1. The van der Waals surface area contributed by atoms with Crippen LogP contribution in [0.15, 0.2) is 42.5 Å². The number of carbonyl (C=O) groups excluding carboxylic acids is 2. The third kappa shape index (κ3) is 7.58. The highest BCUT2D eigenvalue weighted by Crippen LogP contribution is 2.33. The highest BCUT2D eigenvalue weighted by molar-refractivity contribution is 6.38. The molecule has 39 heavy (non-hydrogen) atoms. The average molecular weight is 542 g/mol. The standard InChI is InChI=1S/C29H38BF3N4O2/c1-26(2,3)35-23(38)16-37-22(17-9-11-20(12-10-17)34-29(31,32)33)14-18-13-19(15-21(30)24(18)37)28(7,8)25(39)36-27(4,5)6/h9-15,34H,16,30H2,1-8H3,(H,35,38)(H,36,39). The molecule has 0 aliphatic carbocycles. The van der Waals surface area contributed by atoms with E-state index >= 15 is 0 Å². The molecule has 0 bridgehead atoms. The van der Waals surface area contributed by atoms with E-state index in [0.717, 1.165) is 21.9 Å².